The highest BCUT2D eigenvalue weighted by Gasteiger charge is 2.12. The zero-order chi connectivity index (χ0) is 15.6. The monoisotopic (exact) mass is 366 g/mol. The number of nitrogen functional groups attached to an aromatic ring is 1. The zero-order valence-corrected chi connectivity index (χ0v) is 13.8. The van der Waals surface area contributed by atoms with Crippen LogP contribution in [0.2, 0.25) is 0 Å². The normalized spacial score (nSPS) is 12.1. The standard InChI is InChI=1S/C15H15BrN2O2S/c1-9-6-10(15(18)19)2-3-11(9)8-21(20)14-5-4-12(16)7-13(14)17/h2-7H,8,17H2,1H3,(H2,18,19). The molecule has 0 aliphatic rings. The van der Waals surface area contributed by atoms with Crippen LogP contribution < -0.4 is 11.5 Å². The highest BCUT2D eigenvalue weighted by molar-refractivity contribution is 9.10. The summed E-state index contributed by atoms with van der Waals surface area (Å²) in [6.07, 6.45) is 0. The van der Waals surface area contributed by atoms with E-state index in [2.05, 4.69) is 15.9 Å². The molecule has 1 unspecified atom stereocenters. The topological polar surface area (TPSA) is 86.2 Å². The van der Waals surface area contributed by atoms with E-state index in [9.17, 15) is 9.00 Å². The molecule has 0 heterocycles. The lowest BCUT2D eigenvalue weighted by Gasteiger charge is -2.09. The van der Waals surface area contributed by atoms with Crippen molar-refractivity contribution in [2.75, 3.05) is 5.73 Å². The number of nitrogens with two attached hydrogens (primary N) is 2. The first-order valence-corrected chi connectivity index (χ1v) is 8.32. The zero-order valence-electron chi connectivity index (χ0n) is 11.4. The fraction of sp³-hybridized carbons (Fsp3) is 0.133. The SMILES string of the molecule is Cc1cc(C(N)=O)ccc1CS(=O)c1ccc(Br)cc1N. The minimum absolute atomic E-state index is 0.344. The molecule has 0 aliphatic heterocycles. The van der Waals surface area contributed by atoms with Crippen LogP contribution in [0.5, 0.6) is 0 Å². The second-order valence-corrected chi connectivity index (χ2v) is 7.01. The summed E-state index contributed by atoms with van der Waals surface area (Å²) in [6.45, 7) is 1.86. The molecule has 2 aromatic rings. The summed E-state index contributed by atoms with van der Waals surface area (Å²) < 4.78 is 13.3. The summed E-state index contributed by atoms with van der Waals surface area (Å²) in [4.78, 5) is 11.7. The van der Waals surface area contributed by atoms with Gasteiger partial charge in [-0.15, -0.1) is 0 Å². The molecule has 1 atom stereocenters. The molecule has 6 heteroatoms. The van der Waals surface area contributed by atoms with Crippen LogP contribution in [0.4, 0.5) is 5.69 Å². The van der Waals surface area contributed by atoms with Crippen LogP contribution in [-0.2, 0) is 16.6 Å². The van der Waals surface area contributed by atoms with Crippen molar-refractivity contribution in [3.63, 3.8) is 0 Å². The van der Waals surface area contributed by atoms with Crippen LogP contribution in [0.3, 0.4) is 0 Å². The number of amides is 1. The number of benzene rings is 2. The second-order valence-electron chi connectivity index (χ2n) is 4.68. The molecular formula is C15H15BrN2O2S. The van der Waals surface area contributed by atoms with Gasteiger partial charge in [0, 0.05) is 15.7 Å². The molecule has 0 radical (unpaired) electrons. The molecule has 2 rings (SSSR count). The Hall–Kier alpha value is -1.66. The van der Waals surface area contributed by atoms with Gasteiger partial charge in [0.15, 0.2) is 0 Å². The van der Waals surface area contributed by atoms with Crippen LogP contribution in [-0.4, -0.2) is 10.1 Å². The predicted octanol–water partition coefficient (Wildman–Crippen LogP) is 2.75. The average molecular weight is 367 g/mol. The predicted molar refractivity (Wildman–Crippen MR) is 88.4 cm³/mol. The van der Waals surface area contributed by atoms with Crippen molar-refractivity contribution in [2.24, 2.45) is 5.73 Å². The van der Waals surface area contributed by atoms with Crippen molar-refractivity contribution in [2.45, 2.75) is 17.6 Å². The van der Waals surface area contributed by atoms with Gasteiger partial charge in [-0.2, -0.15) is 0 Å². The summed E-state index contributed by atoms with van der Waals surface area (Å²) in [5, 5.41) is 0. The third-order valence-corrected chi connectivity index (χ3v) is 5.06. The summed E-state index contributed by atoms with van der Waals surface area (Å²) in [6, 6.07) is 10.4. The van der Waals surface area contributed by atoms with E-state index in [0.717, 1.165) is 15.6 Å². The Labute approximate surface area is 134 Å². The van der Waals surface area contributed by atoms with Crippen LogP contribution in [0.25, 0.3) is 0 Å². The summed E-state index contributed by atoms with van der Waals surface area (Å²) in [5.74, 6) is -0.126. The van der Waals surface area contributed by atoms with Gasteiger partial charge in [0.2, 0.25) is 5.91 Å². The Bertz CT molecular complexity index is 732. The quantitative estimate of drug-likeness (QED) is 0.815. The van der Waals surface area contributed by atoms with E-state index < -0.39 is 16.7 Å². The summed E-state index contributed by atoms with van der Waals surface area (Å²) >= 11 is 3.32. The van der Waals surface area contributed by atoms with Gasteiger partial charge in [-0.25, -0.2) is 0 Å². The first-order chi connectivity index (χ1) is 9.88. The Balaban J connectivity index is 2.25. The smallest absolute Gasteiger partial charge is 0.248 e. The molecule has 0 aliphatic carbocycles. The maximum atomic E-state index is 12.4. The first-order valence-electron chi connectivity index (χ1n) is 6.21. The van der Waals surface area contributed by atoms with Crippen LogP contribution in [0.1, 0.15) is 21.5 Å². The van der Waals surface area contributed by atoms with Gasteiger partial charge in [0.1, 0.15) is 0 Å². The first kappa shape index (κ1) is 15.7. The van der Waals surface area contributed by atoms with Gasteiger partial charge in [-0.3, -0.25) is 9.00 Å². The van der Waals surface area contributed by atoms with E-state index >= 15 is 0 Å². The lowest BCUT2D eigenvalue weighted by molar-refractivity contribution is 0.1000. The van der Waals surface area contributed by atoms with Crippen molar-refractivity contribution < 1.29 is 9.00 Å². The molecule has 0 bridgehead atoms. The fourth-order valence-electron chi connectivity index (χ4n) is 1.96. The van der Waals surface area contributed by atoms with E-state index in [1.807, 2.05) is 13.0 Å². The van der Waals surface area contributed by atoms with E-state index in [-0.39, 0.29) is 0 Å². The molecule has 0 saturated carbocycles. The molecular weight excluding hydrogens is 352 g/mol. The van der Waals surface area contributed by atoms with Gasteiger partial charge in [0.25, 0.3) is 0 Å². The summed E-state index contributed by atoms with van der Waals surface area (Å²) in [5.41, 5.74) is 13.9. The number of hydrogen-bond acceptors (Lipinski definition) is 3. The maximum Gasteiger partial charge on any atom is 0.248 e. The molecule has 0 aromatic heterocycles. The Morgan fingerprint density at radius 3 is 2.52 bits per heavy atom. The molecule has 21 heavy (non-hydrogen) atoms. The maximum absolute atomic E-state index is 12.4. The number of anilines is 1. The minimum atomic E-state index is -1.24. The average Bonchev–Trinajstić information content (AvgIpc) is 2.40. The van der Waals surface area contributed by atoms with E-state index in [1.54, 1.807) is 30.3 Å². The molecule has 4 nitrogen and oxygen atoms in total. The number of halogens is 1. The summed E-state index contributed by atoms with van der Waals surface area (Å²) in [7, 11) is -1.24. The van der Waals surface area contributed by atoms with Gasteiger partial charge in [-0.05, 0) is 48.4 Å². The minimum Gasteiger partial charge on any atom is -0.398 e. The lowest BCUT2D eigenvalue weighted by atomic mass is 10.1. The van der Waals surface area contributed by atoms with Crippen molar-refractivity contribution >= 4 is 38.3 Å². The molecule has 110 valence electrons. The molecule has 4 N–H and O–H groups in total. The van der Waals surface area contributed by atoms with Gasteiger partial charge < -0.3 is 11.5 Å². The van der Waals surface area contributed by atoms with Crippen LogP contribution in [0.15, 0.2) is 45.8 Å². The Kier molecular flexibility index (Phi) is 4.80. The molecule has 1 amide bonds. The molecule has 2 aromatic carbocycles. The fourth-order valence-corrected chi connectivity index (χ4v) is 3.64. The number of aryl methyl sites for hydroxylation is 1. The Morgan fingerprint density at radius 1 is 1.24 bits per heavy atom. The van der Waals surface area contributed by atoms with Gasteiger partial charge >= 0.3 is 0 Å². The van der Waals surface area contributed by atoms with E-state index in [0.29, 0.717) is 21.9 Å². The third-order valence-electron chi connectivity index (χ3n) is 3.13. The number of hydrogen-bond donors (Lipinski definition) is 2. The highest BCUT2D eigenvalue weighted by atomic mass is 79.9. The van der Waals surface area contributed by atoms with Crippen molar-refractivity contribution in [3.05, 3.63) is 57.6 Å². The van der Waals surface area contributed by atoms with E-state index in [1.165, 1.54) is 0 Å². The Morgan fingerprint density at radius 2 is 1.95 bits per heavy atom. The van der Waals surface area contributed by atoms with Gasteiger partial charge in [-0.1, -0.05) is 22.0 Å². The number of carbonyl (C=O) groups excluding carboxylic acids is 1. The molecule has 0 saturated heterocycles. The van der Waals surface area contributed by atoms with Crippen molar-refractivity contribution in [1.82, 2.24) is 0 Å². The van der Waals surface area contributed by atoms with Gasteiger partial charge in [0.05, 0.1) is 21.4 Å². The van der Waals surface area contributed by atoms with E-state index in [4.69, 9.17) is 11.5 Å². The largest absolute Gasteiger partial charge is 0.398 e. The second kappa shape index (κ2) is 6.41. The van der Waals surface area contributed by atoms with Crippen molar-refractivity contribution in [3.8, 4) is 0 Å². The highest BCUT2D eigenvalue weighted by Crippen LogP contribution is 2.24. The number of carbonyl (C=O) groups is 1. The number of rotatable bonds is 4. The van der Waals surface area contributed by atoms with Crippen LogP contribution >= 0.6 is 15.9 Å². The molecule has 0 spiro atoms. The lowest BCUT2D eigenvalue weighted by Crippen LogP contribution is -2.11. The number of primary amides is 1. The third kappa shape index (κ3) is 3.71. The van der Waals surface area contributed by atoms with Crippen molar-refractivity contribution in [1.29, 1.82) is 0 Å². The molecule has 0 fully saturated rings. The van der Waals surface area contributed by atoms with Crippen LogP contribution in [0, 0.1) is 6.92 Å².